The van der Waals surface area contributed by atoms with Gasteiger partial charge in [0.1, 0.15) is 0 Å². The highest BCUT2D eigenvalue weighted by atomic mass is 32.1. The largest absolute Gasteiger partial charge is 0.361 e. The molecular formula is C15H21N3S. The van der Waals surface area contributed by atoms with E-state index in [2.05, 4.69) is 40.4 Å². The van der Waals surface area contributed by atoms with Crippen molar-refractivity contribution in [3.63, 3.8) is 0 Å². The quantitative estimate of drug-likeness (QED) is 0.926. The smallest absolute Gasteiger partial charge is 0.183 e. The average molecular weight is 275 g/mol. The molecule has 1 N–H and O–H groups in total. The molecule has 0 radical (unpaired) electrons. The topological polar surface area (TPSA) is 28.2 Å². The second-order valence-corrected chi connectivity index (χ2v) is 6.48. The minimum absolute atomic E-state index is 0.887. The van der Waals surface area contributed by atoms with Crippen LogP contribution in [0.2, 0.25) is 0 Å². The fourth-order valence-corrected chi connectivity index (χ4v) is 3.57. The van der Waals surface area contributed by atoms with Crippen molar-refractivity contribution in [2.75, 3.05) is 32.0 Å². The summed E-state index contributed by atoms with van der Waals surface area (Å²) < 4.78 is 1.27. The van der Waals surface area contributed by atoms with Crippen molar-refractivity contribution in [3.05, 3.63) is 24.3 Å². The standard InChI is InChI=1S/C15H21N3S/c1-18-10-7-12(8-11-18)6-9-16-15-17-13-4-2-3-5-14(13)19-15/h2-5,12H,6-11H2,1H3,(H,16,17). The highest BCUT2D eigenvalue weighted by Crippen LogP contribution is 2.26. The van der Waals surface area contributed by atoms with Crippen molar-refractivity contribution >= 4 is 26.7 Å². The summed E-state index contributed by atoms with van der Waals surface area (Å²) in [4.78, 5) is 7.03. The molecule has 1 aromatic heterocycles. The summed E-state index contributed by atoms with van der Waals surface area (Å²) in [6.45, 7) is 3.56. The van der Waals surface area contributed by atoms with Gasteiger partial charge in [0.05, 0.1) is 10.2 Å². The zero-order chi connectivity index (χ0) is 13.1. The maximum atomic E-state index is 4.61. The Labute approximate surface area is 118 Å². The Hall–Kier alpha value is -1.13. The number of aromatic nitrogens is 1. The predicted octanol–water partition coefficient (Wildman–Crippen LogP) is 3.44. The third-order valence-corrected chi connectivity index (χ3v) is 4.95. The van der Waals surface area contributed by atoms with Gasteiger partial charge in [0, 0.05) is 6.54 Å². The van der Waals surface area contributed by atoms with Gasteiger partial charge in [-0.3, -0.25) is 0 Å². The Bertz CT molecular complexity index is 496. The number of fused-ring (bicyclic) bond motifs is 1. The first-order valence-corrected chi connectivity index (χ1v) is 7.91. The van der Waals surface area contributed by atoms with Gasteiger partial charge in [-0.2, -0.15) is 0 Å². The lowest BCUT2D eigenvalue weighted by Crippen LogP contribution is -2.30. The molecular weight excluding hydrogens is 254 g/mol. The number of para-hydroxylation sites is 1. The fourth-order valence-electron chi connectivity index (χ4n) is 2.68. The fraction of sp³-hybridized carbons (Fsp3) is 0.533. The molecule has 0 bridgehead atoms. The first-order chi connectivity index (χ1) is 9.31. The van der Waals surface area contributed by atoms with Gasteiger partial charge in [-0.05, 0) is 57.5 Å². The molecule has 3 rings (SSSR count). The van der Waals surface area contributed by atoms with E-state index in [4.69, 9.17) is 0 Å². The van der Waals surface area contributed by atoms with E-state index in [1.807, 2.05) is 6.07 Å². The summed E-state index contributed by atoms with van der Waals surface area (Å²) >= 11 is 1.75. The van der Waals surface area contributed by atoms with Crippen molar-refractivity contribution in [2.45, 2.75) is 19.3 Å². The van der Waals surface area contributed by atoms with Crippen molar-refractivity contribution < 1.29 is 0 Å². The lowest BCUT2D eigenvalue weighted by atomic mass is 9.94. The van der Waals surface area contributed by atoms with Gasteiger partial charge < -0.3 is 10.2 Å². The van der Waals surface area contributed by atoms with Crippen LogP contribution in [0.5, 0.6) is 0 Å². The summed E-state index contributed by atoms with van der Waals surface area (Å²) in [5.41, 5.74) is 1.11. The zero-order valence-corrected chi connectivity index (χ0v) is 12.2. The van der Waals surface area contributed by atoms with Crippen LogP contribution < -0.4 is 5.32 Å². The van der Waals surface area contributed by atoms with Crippen LogP contribution in [0.1, 0.15) is 19.3 Å². The van der Waals surface area contributed by atoms with Crippen LogP contribution in [0.15, 0.2) is 24.3 Å². The zero-order valence-electron chi connectivity index (χ0n) is 11.4. The Morgan fingerprint density at radius 3 is 2.89 bits per heavy atom. The summed E-state index contributed by atoms with van der Waals surface area (Å²) in [6, 6.07) is 8.33. The summed E-state index contributed by atoms with van der Waals surface area (Å²) in [5.74, 6) is 0.887. The Balaban J connectivity index is 1.49. The maximum Gasteiger partial charge on any atom is 0.183 e. The molecule has 0 aliphatic carbocycles. The van der Waals surface area contributed by atoms with Crippen LogP contribution >= 0.6 is 11.3 Å². The number of piperidine rings is 1. The van der Waals surface area contributed by atoms with E-state index in [9.17, 15) is 0 Å². The molecule has 1 aromatic carbocycles. The minimum Gasteiger partial charge on any atom is -0.361 e. The van der Waals surface area contributed by atoms with Gasteiger partial charge in [-0.1, -0.05) is 23.5 Å². The first kappa shape index (κ1) is 12.9. The molecule has 1 aliphatic heterocycles. The van der Waals surface area contributed by atoms with Gasteiger partial charge >= 0.3 is 0 Å². The lowest BCUT2D eigenvalue weighted by Gasteiger charge is -2.28. The number of nitrogens with one attached hydrogen (secondary N) is 1. The molecule has 0 amide bonds. The summed E-state index contributed by atoms with van der Waals surface area (Å²) in [5, 5.41) is 4.55. The molecule has 3 nitrogen and oxygen atoms in total. The van der Waals surface area contributed by atoms with E-state index in [-0.39, 0.29) is 0 Å². The summed E-state index contributed by atoms with van der Waals surface area (Å²) in [7, 11) is 2.22. The first-order valence-electron chi connectivity index (χ1n) is 7.09. The SMILES string of the molecule is CN1CCC(CCNc2nc3ccccc3s2)CC1. The van der Waals surface area contributed by atoms with Crippen LogP contribution in [0.4, 0.5) is 5.13 Å². The molecule has 1 aliphatic rings. The monoisotopic (exact) mass is 275 g/mol. The lowest BCUT2D eigenvalue weighted by molar-refractivity contribution is 0.215. The predicted molar refractivity (Wildman–Crippen MR) is 82.9 cm³/mol. The van der Waals surface area contributed by atoms with Gasteiger partial charge in [-0.15, -0.1) is 0 Å². The number of hydrogen-bond donors (Lipinski definition) is 1. The Morgan fingerprint density at radius 2 is 2.11 bits per heavy atom. The summed E-state index contributed by atoms with van der Waals surface area (Å²) in [6.07, 6.45) is 3.96. The molecule has 19 heavy (non-hydrogen) atoms. The Morgan fingerprint density at radius 1 is 1.32 bits per heavy atom. The van der Waals surface area contributed by atoms with E-state index in [0.29, 0.717) is 0 Å². The number of likely N-dealkylation sites (tertiary alicyclic amines) is 1. The molecule has 102 valence electrons. The minimum atomic E-state index is 0.887. The van der Waals surface area contributed by atoms with E-state index in [0.717, 1.165) is 23.1 Å². The molecule has 2 heterocycles. The molecule has 0 unspecified atom stereocenters. The average Bonchev–Trinajstić information content (AvgIpc) is 2.83. The van der Waals surface area contributed by atoms with E-state index in [1.165, 1.54) is 37.1 Å². The van der Waals surface area contributed by atoms with E-state index < -0.39 is 0 Å². The second kappa shape index (κ2) is 5.88. The third-order valence-electron chi connectivity index (χ3n) is 3.96. The Kier molecular flexibility index (Phi) is 3.99. The molecule has 4 heteroatoms. The van der Waals surface area contributed by atoms with Crippen molar-refractivity contribution in [3.8, 4) is 0 Å². The van der Waals surface area contributed by atoms with Crippen molar-refractivity contribution in [2.24, 2.45) is 5.92 Å². The van der Waals surface area contributed by atoms with Crippen molar-refractivity contribution in [1.29, 1.82) is 0 Å². The van der Waals surface area contributed by atoms with Crippen LogP contribution in [-0.4, -0.2) is 36.6 Å². The number of thiazole rings is 1. The number of rotatable bonds is 4. The van der Waals surface area contributed by atoms with Gasteiger partial charge in [-0.25, -0.2) is 4.98 Å². The second-order valence-electron chi connectivity index (χ2n) is 5.45. The maximum absolute atomic E-state index is 4.61. The number of hydrogen-bond acceptors (Lipinski definition) is 4. The van der Waals surface area contributed by atoms with Gasteiger partial charge in [0.15, 0.2) is 5.13 Å². The number of anilines is 1. The highest BCUT2D eigenvalue weighted by molar-refractivity contribution is 7.22. The number of benzene rings is 1. The van der Waals surface area contributed by atoms with Crippen molar-refractivity contribution in [1.82, 2.24) is 9.88 Å². The van der Waals surface area contributed by atoms with E-state index >= 15 is 0 Å². The van der Waals surface area contributed by atoms with E-state index in [1.54, 1.807) is 11.3 Å². The van der Waals surface area contributed by atoms with Crippen LogP contribution in [0, 0.1) is 5.92 Å². The molecule has 0 atom stereocenters. The third kappa shape index (κ3) is 3.25. The normalized spacial score (nSPS) is 17.9. The molecule has 2 aromatic rings. The van der Waals surface area contributed by atoms with Gasteiger partial charge in [0.2, 0.25) is 0 Å². The number of nitrogens with zero attached hydrogens (tertiary/aromatic N) is 2. The molecule has 1 fully saturated rings. The van der Waals surface area contributed by atoms with Crippen LogP contribution in [0.3, 0.4) is 0 Å². The highest BCUT2D eigenvalue weighted by Gasteiger charge is 2.16. The molecule has 0 spiro atoms. The van der Waals surface area contributed by atoms with Crippen LogP contribution in [-0.2, 0) is 0 Å². The van der Waals surface area contributed by atoms with Gasteiger partial charge in [0.25, 0.3) is 0 Å². The molecule has 1 saturated heterocycles. The van der Waals surface area contributed by atoms with Crippen LogP contribution in [0.25, 0.3) is 10.2 Å². The molecule has 0 saturated carbocycles.